The van der Waals surface area contributed by atoms with Crippen molar-refractivity contribution in [2.45, 2.75) is 38.1 Å². The van der Waals surface area contributed by atoms with Gasteiger partial charge in [-0.2, -0.15) is 0 Å². The predicted octanol–water partition coefficient (Wildman–Crippen LogP) is 0.258. The molecule has 7 nitrogen and oxygen atoms in total. The molecule has 2 N–H and O–H groups in total. The third-order valence-corrected chi connectivity index (χ3v) is 3.84. The first kappa shape index (κ1) is 14.6. The largest absolute Gasteiger partial charge is 0.480 e. The summed E-state index contributed by atoms with van der Waals surface area (Å²) in [6.45, 7) is 1.09. The molecule has 0 aromatic carbocycles. The molecule has 2 heterocycles. The van der Waals surface area contributed by atoms with E-state index in [0.717, 1.165) is 25.7 Å². The summed E-state index contributed by atoms with van der Waals surface area (Å²) < 4.78 is 0. The number of amides is 3. The van der Waals surface area contributed by atoms with Crippen molar-refractivity contribution in [3.05, 3.63) is 0 Å². The van der Waals surface area contributed by atoms with E-state index in [9.17, 15) is 19.5 Å². The SMILES string of the molecule is O=C1CN(C(=O)N2CCCCCCC2)C(C(=O)O)CN1. The molecule has 0 aliphatic carbocycles. The molecule has 2 aliphatic rings. The Hall–Kier alpha value is -1.79. The molecule has 2 rings (SSSR count). The van der Waals surface area contributed by atoms with E-state index in [1.807, 2.05) is 0 Å². The molecule has 0 aromatic heterocycles. The van der Waals surface area contributed by atoms with E-state index < -0.39 is 12.0 Å². The number of carboxylic acid groups (broad SMARTS) is 1. The molecule has 1 unspecified atom stereocenters. The molecule has 3 amide bonds. The van der Waals surface area contributed by atoms with E-state index in [0.29, 0.717) is 13.1 Å². The first-order valence-electron chi connectivity index (χ1n) is 7.14. The minimum absolute atomic E-state index is 0.0201. The summed E-state index contributed by atoms with van der Waals surface area (Å²) in [4.78, 5) is 38.0. The quantitative estimate of drug-likeness (QED) is 0.722. The van der Waals surface area contributed by atoms with Crippen LogP contribution in [0.25, 0.3) is 0 Å². The number of hydrogen-bond acceptors (Lipinski definition) is 3. The van der Waals surface area contributed by atoms with E-state index in [2.05, 4.69) is 5.32 Å². The Balaban J connectivity index is 2.06. The highest BCUT2D eigenvalue weighted by Gasteiger charge is 2.37. The van der Waals surface area contributed by atoms with Crippen LogP contribution in [0.2, 0.25) is 0 Å². The number of urea groups is 1. The van der Waals surface area contributed by atoms with Crippen LogP contribution in [0, 0.1) is 0 Å². The molecule has 0 aromatic rings. The van der Waals surface area contributed by atoms with Crippen LogP contribution in [-0.2, 0) is 9.59 Å². The van der Waals surface area contributed by atoms with Crippen LogP contribution in [-0.4, -0.2) is 65.0 Å². The summed E-state index contributed by atoms with van der Waals surface area (Å²) >= 11 is 0. The second-order valence-electron chi connectivity index (χ2n) is 5.32. The van der Waals surface area contributed by atoms with Crippen LogP contribution in [0.4, 0.5) is 4.79 Å². The fourth-order valence-corrected chi connectivity index (χ4v) is 2.68. The molecule has 112 valence electrons. The normalized spacial score (nSPS) is 24.6. The topological polar surface area (TPSA) is 90.0 Å². The summed E-state index contributed by atoms with van der Waals surface area (Å²) in [5, 5.41) is 11.7. The van der Waals surface area contributed by atoms with Gasteiger partial charge in [-0.1, -0.05) is 19.3 Å². The monoisotopic (exact) mass is 283 g/mol. The van der Waals surface area contributed by atoms with Gasteiger partial charge < -0.3 is 15.3 Å². The Morgan fingerprint density at radius 2 is 1.70 bits per heavy atom. The van der Waals surface area contributed by atoms with Gasteiger partial charge in [0.15, 0.2) is 0 Å². The number of nitrogens with one attached hydrogen (secondary N) is 1. The third kappa shape index (κ3) is 3.40. The Kier molecular flexibility index (Phi) is 4.81. The minimum Gasteiger partial charge on any atom is -0.480 e. The zero-order valence-corrected chi connectivity index (χ0v) is 11.5. The van der Waals surface area contributed by atoms with Crippen molar-refractivity contribution in [3.63, 3.8) is 0 Å². The number of piperazine rings is 1. The van der Waals surface area contributed by atoms with E-state index in [1.165, 1.54) is 11.3 Å². The molecular weight excluding hydrogens is 262 g/mol. The average molecular weight is 283 g/mol. The molecule has 0 saturated carbocycles. The van der Waals surface area contributed by atoms with Crippen molar-refractivity contribution in [1.82, 2.24) is 15.1 Å². The zero-order chi connectivity index (χ0) is 14.5. The number of carboxylic acids is 1. The minimum atomic E-state index is -1.08. The molecule has 20 heavy (non-hydrogen) atoms. The summed E-state index contributed by atoms with van der Waals surface area (Å²) in [5.41, 5.74) is 0. The maximum atomic E-state index is 12.5. The van der Waals surface area contributed by atoms with Crippen molar-refractivity contribution in [2.75, 3.05) is 26.2 Å². The molecular formula is C13H21N3O4. The number of nitrogens with zero attached hydrogens (tertiary/aromatic N) is 2. The maximum absolute atomic E-state index is 12.5. The second kappa shape index (κ2) is 6.58. The number of likely N-dealkylation sites (tertiary alicyclic amines) is 1. The lowest BCUT2D eigenvalue weighted by atomic mass is 10.1. The van der Waals surface area contributed by atoms with Gasteiger partial charge in [0.1, 0.15) is 12.6 Å². The molecule has 2 saturated heterocycles. The van der Waals surface area contributed by atoms with Gasteiger partial charge in [0, 0.05) is 19.6 Å². The van der Waals surface area contributed by atoms with Gasteiger partial charge in [0.05, 0.1) is 0 Å². The van der Waals surface area contributed by atoms with E-state index in [4.69, 9.17) is 0 Å². The van der Waals surface area contributed by atoms with Gasteiger partial charge in [0.2, 0.25) is 5.91 Å². The van der Waals surface area contributed by atoms with Crippen LogP contribution >= 0.6 is 0 Å². The van der Waals surface area contributed by atoms with Gasteiger partial charge >= 0.3 is 12.0 Å². The Labute approximate surface area is 117 Å². The van der Waals surface area contributed by atoms with Crippen molar-refractivity contribution in [1.29, 1.82) is 0 Å². The third-order valence-electron chi connectivity index (χ3n) is 3.84. The van der Waals surface area contributed by atoms with Crippen molar-refractivity contribution < 1.29 is 19.5 Å². The fraction of sp³-hybridized carbons (Fsp3) is 0.769. The van der Waals surface area contributed by atoms with Crippen LogP contribution in [0.1, 0.15) is 32.1 Å². The zero-order valence-electron chi connectivity index (χ0n) is 11.5. The highest BCUT2D eigenvalue weighted by Crippen LogP contribution is 2.14. The Morgan fingerprint density at radius 3 is 2.30 bits per heavy atom. The fourth-order valence-electron chi connectivity index (χ4n) is 2.68. The summed E-state index contributed by atoms with van der Waals surface area (Å²) in [5.74, 6) is -1.38. The first-order chi connectivity index (χ1) is 9.59. The number of hydrogen-bond donors (Lipinski definition) is 2. The lowest BCUT2D eigenvalue weighted by Crippen LogP contribution is -2.62. The summed E-state index contributed by atoms with van der Waals surface area (Å²) in [7, 11) is 0. The van der Waals surface area contributed by atoms with Gasteiger partial charge in [-0.15, -0.1) is 0 Å². The van der Waals surface area contributed by atoms with Gasteiger partial charge in [-0.25, -0.2) is 9.59 Å². The van der Waals surface area contributed by atoms with Gasteiger partial charge in [-0.3, -0.25) is 9.69 Å². The molecule has 2 fully saturated rings. The average Bonchev–Trinajstić information content (AvgIpc) is 2.37. The number of rotatable bonds is 1. The lowest BCUT2D eigenvalue weighted by Gasteiger charge is -2.37. The lowest BCUT2D eigenvalue weighted by molar-refractivity contribution is -0.144. The molecule has 0 spiro atoms. The van der Waals surface area contributed by atoms with Crippen molar-refractivity contribution in [3.8, 4) is 0 Å². The van der Waals surface area contributed by atoms with E-state index in [1.54, 1.807) is 4.90 Å². The van der Waals surface area contributed by atoms with Crippen LogP contribution in [0.5, 0.6) is 0 Å². The number of carbonyl (C=O) groups is 3. The Morgan fingerprint density at radius 1 is 1.10 bits per heavy atom. The molecule has 1 atom stereocenters. The van der Waals surface area contributed by atoms with Crippen molar-refractivity contribution in [2.24, 2.45) is 0 Å². The predicted molar refractivity (Wildman–Crippen MR) is 71.2 cm³/mol. The number of aliphatic carboxylic acids is 1. The first-order valence-corrected chi connectivity index (χ1v) is 7.14. The number of carbonyl (C=O) groups excluding carboxylic acids is 2. The smallest absolute Gasteiger partial charge is 0.328 e. The van der Waals surface area contributed by atoms with Gasteiger partial charge in [0.25, 0.3) is 0 Å². The molecule has 7 heteroatoms. The van der Waals surface area contributed by atoms with E-state index in [-0.39, 0.29) is 25.0 Å². The van der Waals surface area contributed by atoms with Gasteiger partial charge in [-0.05, 0) is 12.8 Å². The summed E-state index contributed by atoms with van der Waals surface area (Å²) in [6.07, 6.45) is 5.23. The van der Waals surface area contributed by atoms with E-state index >= 15 is 0 Å². The standard InChI is InChI=1S/C13H21N3O4/c17-11-9-16(10(8-14-11)12(18)19)13(20)15-6-4-2-1-3-5-7-15/h10H,1-9H2,(H,14,17)(H,18,19). The molecule has 0 bridgehead atoms. The van der Waals surface area contributed by atoms with Crippen LogP contribution in [0.15, 0.2) is 0 Å². The highest BCUT2D eigenvalue weighted by atomic mass is 16.4. The Bertz CT molecular complexity index is 391. The summed E-state index contributed by atoms with van der Waals surface area (Å²) in [6, 6.07) is -1.29. The van der Waals surface area contributed by atoms with Crippen molar-refractivity contribution >= 4 is 17.9 Å². The maximum Gasteiger partial charge on any atom is 0.328 e. The highest BCUT2D eigenvalue weighted by molar-refractivity contribution is 5.90. The van der Waals surface area contributed by atoms with Crippen LogP contribution < -0.4 is 5.32 Å². The molecule has 0 radical (unpaired) electrons. The molecule has 2 aliphatic heterocycles. The second-order valence-corrected chi connectivity index (χ2v) is 5.32. The van der Waals surface area contributed by atoms with Crippen LogP contribution in [0.3, 0.4) is 0 Å².